The summed E-state index contributed by atoms with van der Waals surface area (Å²) >= 11 is 0. The van der Waals surface area contributed by atoms with Gasteiger partial charge in [-0.3, -0.25) is 14.4 Å². The van der Waals surface area contributed by atoms with Gasteiger partial charge in [-0.1, -0.05) is 0 Å². The quantitative estimate of drug-likeness (QED) is 0.493. The smallest absolute Gasteiger partial charge is 0.303 e. The van der Waals surface area contributed by atoms with Crippen molar-refractivity contribution in [3.05, 3.63) is 0 Å². The molecular formula is C12H22N2O4. The standard InChI is InChI=1S/C12H22N2O4/c1-9(15)10(5-2-3-8-13)14-11(16)6-4-7-12(17)18/h10H,2-8,13H2,1H3,(H,14,16)(H,17,18). The Morgan fingerprint density at radius 1 is 1.17 bits per heavy atom. The molecule has 0 saturated carbocycles. The summed E-state index contributed by atoms with van der Waals surface area (Å²) in [6, 6.07) is -0.478. The Labute approximate surface area is 107 Å². The average molecular weight is 258 g/mol. The third-order valence-electron chi connectivity index (χ3n) is 2.57. The Kier molecular flexibility index (Phi) is 8.82. The zero-order chi connectivity index (χ0) is 14.0. The Hall–Kier alpha value is -1.43. The third kappa shape index (κ3) is 8.69. The summed E-state index contributed by atoms with van der Waals surface area (Å²) in [5.41, 5.74) is 5.36. The number of unbranched alkanes of at least 4 members (excludes halogenated alkanes) is 1. The molecule has 1 unspecified atom stereocenters. The van der Waals surface area contributed by atoms with E-state index in [0.29, 0.717) is 13.0 Å². The van der Waals surface area contributed by atoms with Crippen LogP contribution in [0.3, 0.4) is 0 Å². The fourth-order valence-electron chi connectivity index (χ4n) is 1.54. The van der Waals surface area contributed by atoms with Crippen LogP contribution < -0.4 is 11.1 Å². The predicted molar refractivity (Wildman–Crippen MR) is 67.0 cm³/mol. The van der Waals surface area contributed by atoms with E-state index in [4.69, 9.17) is 10.8 Å². The number of carboxylic acid groups (broad SMARTS) is 1. The van der Waals surface area contributed by atoms with Crippen molar-refractivity contribution in [1.29, 1.82) is 0 Å². The summed E-state index contributed by atoms with van der Waals surface area (Å²) in [6.45, 7) is 2.00. The predicted octanol–water partition coefficient (Wildman–Crippen LogP) is 0.444. The normalized spacial score (nSPS) is 11.9. The van der Waals surface area contributed by atoms with E-state index in [-0.39, 0.29) is 31.0 Å². The van der Waals surface area contributed by atoms with E-state index in [1.54, 1.807) is 0 Å². The molecule has 1 amide bonds. The molecule has 0 saturated heterocycles. The second-order valence-electron chi connectivity index (χ2n) is 4.26. The maximum absolute atomic E-state index is 11.5. The lowest BCUT2D eigenvalue weighted by Gasteiger charge is -2.15. The first-order valence-electron chi connectivity index (χ1n) is 6.19. The van der Waals surface area contributed by atoms with Gasteiger partial charge < -0.3 is 16.2 Å². The van der Waals surface area contributed by atoms with Crippen molar-refractivity contribution in [2.75, 3.05) is 6.54 Å². The molecule has 0 aromatic carbocycles. The van der Waals surface area contributed by atoms with Gasteiger partial charge in [0.15, 0.2) is 5.78 Å². The number of carbonyl (C=O) groups excluding carboxylic acids is 2. The van der Waals surface area contributed by atoms with Crippen LogP contribution in [0.4, 0.5) is 0 Å². The first-order chi connectivity index (χ1) is 8.47. The van der Waals surface area contributed by atoms with E-state index >= 15 is 0 Å². The van der Waals surface area contributed by atoms with Crippen LogP contribution >= 0.6 is 0 Å². The molecule has 1 atom stereocenters. The van der Waals surface area contributed by atoms with Crippen molar-refractivity contribution in [3.8, 4) is 0 Å². The van der Waals surface area contributed by atoms with Crippen LogP contribution in [-0.4, -0.2) is 35.4 Å². The number of nitrogens with one attached hydrogen (secondary N) is 1. The van der Waals surface area contributed by atoms with Gasteiger partial charge in [-0.05, 0) is 39.2 Å². The van der Waals surface area contributed by atoms with E-state index in [2.05, 4.69) is 5.32 Å². The Balaban J connectivity index is 3.96. The van der Waals surface area contributed by atoms with Gasteiger partial charge in [0.25, 0.3) is 0 Å². The van der Waals surface area contributed by atoms with Crippen molar-refractivity contribution < 1.29 is 19.5 Å². The number of hydrogen-bond donors (Lipinski definition) is 3. The molecular weight excluding hydrogens is 236 g/mol. The minimum atomic E-state index is -0.922. The van der Waals surface area contributed by atoms with E-state index < -0.39 is 12.0 Å². The minimum Gasteiger partial charge on any atom is -0.481 e. The minimum absolute atomic E-state index is 0.0364. The summed E-state index contributed by atoms with van der Waals surface area (Å²) in [5.74, 6) is -1.28. The van der Waals surface area contributed by atoms with Gasteiger partial charge in [-0.15, -0.1) is 0 Å². The van der Waals surface area contributed by atoms with Gasteiger partial charge >= 0.3 is 5.97 Å². The fraction of sp³-hybridized carbons (Fsp3) is 0.750. The molecule has 0 aromatic heterocycles. The summed E-state index contributed by atoms with van der Waals surface area (Å²) in [4.78, 5) is 33.1. The van der Waals surface area contributed by atoms with E-state index in [9.17, 15) is 14.4 Å². The van der Waals surface area contributed by atoms with Gasteiger partial charge in [0.1, 0.15) is 0 Å². The maximum atomic E-state index is 11.5. The number of Topliss-reactive ketones (excluding diaryl/α,β-unsaturated/α-hetero) is 1. The highest BCUT2D eigenvalue weighted by Crippen LogP contribution is 2.03. The van der Waals surface area contributed by atoms with Gasteiger partial charge in [0.2, 0.25) is 5.91 Å². The van der Waals surface area contributed by atoms with E-state index in [0.717, 1.165) is 12.8 Å². The van der Waals surface area contributed by atoms with Gasteiger partial charge in [0.05, 0.1) is 6.04 Å². The van der Waals surface area contributed by atoms with Gasteiger partial charge in [-0.25, -0.2) is 0 Å². The van der Waals surface area contributed by atoms with Crippen LogP contribution in [0.2, 0.25) is 0 Å². The van der Waals surface area contributed by atoms with Gasteiger partial charge in [-0.2, -0.15) is 0 Å². The van der Waals surface area contributed by atoms with Gasteiger partial charge in [0, 0.05) is 12.8 Å². The molecule has 4 N–H and O–H groups in total. The Morgan fingerprint density at radius 3 is 2.33 bits per heavy atom. The first-order valence-corrected chi connectivity index (χ1v) is 6.19. The van der Waals surface area contributed by atoms with Crippen molar-refractivity contribution in [1.82, 2.24) is 5.32 Å². The third-order valence-corrected chi connectivity index (χ3v) is 2.57. The lowest BCUT2D eigenvalue weighted by Crippen LogP contribution is -2.39. The lowest BCUT2D eigenvalue weighted by atomic mass is 10.1. The highest BCUT2D eigenvalue weighted by atomic mass is 16.4. The molecule has 18 heavy (non-hydrogen) atoms. The molecule has 0 fully saturated rings. The number of nitrogens with two attached hydrogens (primary N) is 1. The lowest BCUT2D eigenvalue weighted by molar-refractivity contribution is -0.137. The van der Waals surface area contributed by atoms with Crippen LogP contribution in [0.1, 0.15) is 45.4 Å². The molecule has 0 bridgehead atoms. The summed E-state index contributed by atoms with van der Waals surface area (Å²) in [7, 11) is 0. The molecule has 0 aliphatic carbocycles. The zero-order valence-corrected chi connectivity index (χ0v) is 10.8. The topological polar surface area (TPSA) is 109 Å². The summed E-state index contributed by atoms with van der Waals surface area (Å²) < 4.78 is 0. The van der Waals surface area contributed by atoms with E-state index in [1.165, 1.54) is 6.92 Å². The zero-order valence-electron chi connectivity index (χ0n) is 10.8. The fourth-order valence-corrected chi connectivity index (χ4v) is 1.54. The van der Waals surface area contributed by atoms with Crippen molar-refractivity contribution >= 4 is 17.7 Å². The molecule has 6 nitrogen and oxygen atoms in total. The number of carboxylic acids is 1. The van der Waals surface area contributed by atoms with Crippen molar-refractivity contribution in [3.63, 3.8) is 0 Å². The van der Waals surface area contributed by atoms with Crippen molar-refractivity contribution in [2.24, 2.45) is 5.73 Å². The number of ketones is 1. The number of hydrogen-bond acceptors (Lipinski definition) is 4. The molecule has 0 rings (SSSR count). The van der Waals surface area contributed by atoms with Crippen LogP contribution in [-0.2, 0) is 14.4 Å². The second kappa shape index (κ2) is 9.58. The number of amides is 1. The summed E-state index contributed by atoms with van der Waals surface area (Å²) in [5, 5.41) is 11.1. The van der Waals surface area contributed by atoms with Crippen LogP contribution in [0.5, 0.6) is 0 Å². The Bertz CT molecular complexity index is 292. The maximum Gasteiger partial charge on any atom is 0.303 e. The van der Waals surface area contributed by atoms with Crippen LogP contribution in [0, 0.1) is 0 Å². The summed E-state index contributed by atoms with van der Waals surface area (Å²) in [6.07, 6.45) is 2.57. The Morgan fingerprint density at radius 2 is 1.83 bits per heavy atom. The molecule has 0 aliphatic rings. The molecule has 104 valence electrons. The highest BCUT2D eigenvalue weighted by Gasteiger charge is 2.16. The average Bonchev–Trinajstić information content (AvgIpc) is 2.27. The molecule has 0 aliphatic heterocycles. The molecule has 0 heterocycles. The number of rotatable bonds is 10. The highest BCUT2D eigenvalue weighted by molar-refractivity contribution is 5.87. The molecule has 0 aromatic rings. The van der Waals surface area contributed by atoms with Crippen molar-refractivity contribution in [2.45, 2.75) is 51.5 Å². The second-order valence-corrected chi connectivity index (χ2v) is 4.26. The largest absolute Gasteiger partial charge is 0.481 e. The molecule has 0 spiro atoms. The monoisotopic (exact) mass is 258 g/mol. The molecule has 0 radical (unpaired) electrons. The molecule has 6 heteroatoms. The first kappa shape index (κ1) is 16.6. The SMILES string of the molecule is CC(=O)C(CCCCN)NC(=O)CCCC(=O)O. The van der Waals surface area contributed by atoms with Crippen LogP contribution in [0.25, 0.3) is 0 Å². The number of aliphatic carboxylic acids is 1. The van der Waals surface area contributed by atoms with Crippen LogP contribution in [0.15, 0.2) is 0 Å². The number of carbonyl (C=O) groups is 3. The van der Waals surface area contributed by atoms with E-state index in [1.807, 2.05) is 0 Å².